The van der Waals surface area contributed by atoms with Crippen LogP contribution in [0.15, 0.2) is 0 Å². The molecule has 114 valence electrons. The molecule has 4 atom stereocenters. The molecule has 3 saturated heterocycles. The van der Waals surface area contributed by atoms with Gasteiger partial charge in [-0.2, -0.15) is 0 Å². The maximum absolute atomic E-state index is 11.3. The first-order valence-electron chi connectivity index (χ1n) is 7.13. The van der Waals surface area contributed by atoms with E-state index < -0.39 is 11.6 Å². The van der Waals surface area contributed by atoms with Gasteiger partial charge in [-0.05, 0) is 34.1 Å². The van der Waals surface area contributed by atoms with Gasteiger partial charge in [0.1, 0.15) is 24.4 Å². The molecular weight excluding hydrogens is 264 g/mol. The Labute approximate surface area is 118 Å². The fraction of sp³-hybridized carbons (Fsp3) is 0.929. The first kappa shape index (κ1) is 14.3. The number of carbonyl (C=O) groups excluding carboxylic acids is 1. The standard InChI is InChI=1S/C14H22O6/c1-13(2)16-7-9(18-13)12-11(19-14(3,4)20-12)8-5-6-10(15)17-8/h8-9,11-12H,5-7H2,1-4H3/t8-,9-,11-,12-/m1/s1. The van der Waals surface area contributed by atoms with Gasteiger partial charge in [-0.1, -0.05) is 0 Å². The Bertz CT molecular complexity index is 404. The first-order valence-corrected chi connectivity index (χ1v) is 7.13. The second-order valence-corrected chi connectivity index (χ2v) is 6.50. The molecule has 0 amide bonds. The summed E-state index contributed by atoms with van der Waals surface area (Å²) in [6.07, 6.45) is 0.0287. The van der Waals surface area contributed by atoms with Crippen molar-refractivity contribution in [3.8, 4) is 0 Å². The van der Waals surface area contributed by atoms with E-state index in [1.165, 1.54) is 0 Å². The van der Waals surface area contributed by atoms with Gasteiger partial charge in [-0.3, -0.25) is 4.79 Å². The fourth-order valence-corrected chi connectivity index (χ4v) is 3.05. The maximum atomic E-state index is 11.3. The maximum Gasteiger partial charge on any atom is 0.306 e. The van der Waals surface area contributed by atoms with Crippen LogP contribution in [0.2, 0.25) is 0 Å². The molecule has 0 N–H and O–H groups in total. The first-order chi connectivity index (χ1) is 9.26. The molecule has 0 spiro atoms. The fourth-order valence-electron chi connectivity index (χ4n) is 3.05. The zero-order chi connectivity index (χ0) is 14.5. The van der Waals surface area contributed by atoms with Gasteiger partial charge in [0.05, 0.1) is 6.61 Å². The van der Waals surface area contributed by atoms with Crippen molar-refractivity contribution in [3.05, 3.63) is 0 Å². The van der Waals surface area contributed by atoms with Gasteiger partial charge in [-0.15, -0.1) is 0 Å². The predicted molar refractivity (Wildman–Crippen MR) is 67.8 cm³/mol. The molecule has 3 aliphatic heterocycles. The van der Waals surface area contributed by atoms with Crippen LogP contribution in [0.4, 0.5) is 0 Å². The minimum absolute atomic E-state index is 0.175. The highest BCUT2D eigenvalue weighted by Crippen LogP contribution is 2.39. The van der Waals surface area contributed by atoms with Crippen molar-refractivity contribution in [1.29, 1.82) is 0 Å². The van der Waals surface area contributed by atoms with Gasteiger partial charge in [0, 0.05) is 6.42 Å². The summed E-state index contributed by atoms with van der Waals surface area (Å²) in [5.41, 5.74) is 0. The Hall–Kier alpha value is -0.690. The van der Waals surface area contributed by atoms with Gasteiger partial charge < -0.3 is 23.7 Å². The Morgan fingerprint density at radius 3 is 2.10 bits per heavy atom. The molecule has 0 radical (unpaired) electrons. The highest BCUT2D eigenvalue weighted by molar-refractivity contribution is 5.71. The Balaban J connectivity index is 1.75. The van der Waals surface area contributed by atoms with Gasteiger partial charge >= 0.3 is 5.97 Å². The molecular formula is C14H22O6. The Morgan fingerprint density at radius 1 is 0.950 bits per heavy atom. The zero-order valence-electron chi connectivity index (χ0n) is 12.4. The Morgan fingerprint density at radius 2 is 1.60 bits per heavy atom. The van der Waals surface area contributed by atoms with E-state index in [1.54, 1.807) is 0 Å². The highest BCUT2D eigenvalue weighted by atomic mass is 16.8. The molecule has 6 nitrogen and oxygen atoms in total. The zero-order valence-corrected chi connectivity index (χ0v) is 12.4. The summed E-state index contributed by atoms with van der Waals surface area (Å²) in [6, 6.07) is 0. The molecule has 0 aliphatic carbocycles. The van der Waals surface area contributed by atoms with Crippen LogP contribution in [0, 0.1) is 0 Å². The summed E-state index contributed by atoms with van der Waals surface area (Å²) in [5, 5.41) is 0. The van der Waals surface area contributed by atoms with E-state index in [4.69, 9.17) is 23.7 Å². The van der Waals surface area contributed by atoms with E-state index in [-0.39, 0.29) is 30.4 Å². The lowest BCUT2D eigenvalue weighted by Gasteiger charge is -2.26. The minimum atomic E-state index is -0.708. The molecule has 3 rings (SSSR count). The molecule has 0 bridgehead atoms. The van der Waals surface area contributed by atoms with E-state index in [0.717, 1.165) is 0 Å². The molecule has 0 aromatic heterocycles. The van der Waals surface area contributed by atoms with Crippen LogP contribution in [-0.4, -0.2) is 48.6 Å². The van der Waals surface area contributed by atoms with Crippen LogP contribution < -0.4 is 0 Å². The van der Waals surface area contributed by atoms with Crippen molar-refractivity contribution < 1.29 is 28.5 Å². The quantitative estimate of drug-likeness (QED) is 0.714. The molecule has 3 fully saturated rings. The molecule has 20 heavy (non-hydrogen) atoms. The number of esters is 1. The van der Waals surface area contributed by atoms with Crippen molar-refractivity contribution in [2.75, 3.05) is 6.61 Å². The lowest BCUT2D eigenvalue weighted by molar-refractivity contribution is -0.175. The minimum Gasteiger partial charge on any atom is -0.459 e. The molecule has 3 heterocycles. The molecule has 3 aliphatic rings. The topological polar surface area (TPSA) is 63.2 Å². The van der Waals surface area contributed by atoms with Crippen molar-refractivity contribution in [1.82, 2.24) is 0 Å². The highest BCUT2D eigenvalue weighted by Gasteiger charge is 2.53. The van der Waals surface area contributed by atoms with Crippen LogP contribution in [0.3, 0.4) is 0 Å². The van der Waals surface area contributed by atoms with Crippen molar-refractivity contribution in [2.24, 2.45) is 0 Å². The third-order valence-corrected chi connectivity index (χ3v) is 3.84. The number of cyclic esters (lactones) is 1. The predicted octanol–water partition coefficient (Wildman–Crippen LogP) is 1.36. The van der Waals surface area contributed by atoms with Gasteiger partial charge in [0.2, 0.25) is 0 Å². The smallest absolute Gasteiger partial charge is 0.306 e. The number of rotatable bonds is 2. The van der Waals surface area contributed by atoms with Crippen molar-refractivity contribution in [3.63, 3.8) is 0 Å². The summed E-state index contributed by atoms with van der Waals surface area (Å²) in [7, 11) is 0. The van der Waals surface area contributed by atoms with Gasteiger partial charge in [0.15, 0.2) is 11.6 Å². The van der Waals surface area contributed by atoms with Crippen LogP contribution >= 0.6 is 0 Å². The van der Waals surface area contributed by atoms with E-state index in [2.05, 4.69) is 0 Å². The average Bonchev–Trinajstić information content (AvgIpc) is 2.96. The Kier molecular flexibility index (Phi) is 3.32. The molecule has 0 aromatic carbocycles. The molecule has 0 unspecified atom stereocenters. The van der Waals surface area contributed by atoms with E-state index in [9.17, 15) is 4.79 Å². The van der Waals surface area contributed by atoms with Crippen molar-refractivity contribution >= 4 is 5.97 Å². The monoisotopic (exact) mass is 286 g/mol. The van der Waals surface area contributed by atoms with Gasteiger partial charge in [-0.25, -0.2) is 0 Å². The number of hydrogen-bond donors (Lipinski definition) is 0. The third-order valence-electron chi connectivity index (χ3n) is 3.84. The number of hydrogen-bond acceptors (Lipinski definition) is 6. The number of ether oxygens (including phenoxy) is 5. The molecule has 6 heteroatoms. The molecule has 0 aromatic rings. The van der Waals surface area contributed by atoms with Crippen LogP contribution in [0.1, 0.15) is 40.5 Å². The van der Waals surface area contributed by atoms with E-state index in [1.807, 2.05) is 27.7 Å². The second-order valence-electron chi connectivity index (χ2n) is 6.50. The summed E-state index contributed by atoms with van der Waals surface area (Å²) in [5.74, 6) is -1.50. The van der Waals surface area contributed by atoms with Crippen molar-refractivity contribution in [2.45, 2.75) is 76.5 Å². The lowest BCUT2D eigenvalue weighted by Crippen LogP contribution is -2.43. The normalized spacial score (nSPS) is 42.9. The van der Waals surface area contributed by atoms with Crippen LogP contribution in [0.25, 0.3) is 0 Å². The summed E-state index contributed by atoms with van der Waals surface area (Å²) < 4.78 is 28.7. The lowest BCUT2D eigenvalue weighted by atomic mass is 10.0. The SMILES string of the molecule is CC1(C)O[C@H]([C@H]2CCC(=O)O2)[C@@H]([C@H]2COC(C)(C)O2)O1. The average molecular weight is 286 g/mol. The van der Waals surface area contributed by atoms with Crippen LogP contribution in [-0.2, 0) is 28.5 Å². The molecule has 0 saturated carbocycles. The third kappa shape index (κ3) is 2.70. The van der Waals surface area contributed by atoms with E-state index in [0.29, 0.717) is 19.4 Å². The summed E-state index contributed by atoms with van der Waals surface area (Å²) in [6.45, 7) is 7.92. The summed E-state index contributed by atoms with van der Waals surface area (Å²) >= 11 is 0. The van der Waals surface area contributed by atoms with Gasteiger partial charge in [0.25, 0.3) is 0 Å². The van der Waals surface area contributed by atoms with E-state index >= 15 is 0 Å². The largest absolute Gasteiger partial charge is 0.459 e. The number of carbonyl (C=O) groups is 1. The second kappa shape index (κ2) is 4.66. The summed E-state index contributed by atoms with van der Waals surface area (Å²) in [4.78, 5) is 11.3. The van der Waals surface area contributed by atoms with Crippen LogP contribution in [0.5, 0.6) is 0 Å².